The zero-order chi connectivity index (χ0) is 13.0. The molecule has 0 aliphatic heterocycles. The van der Waals surface area contributed by atoms with Gasteiger partial charge >= 0.3 is 0 Å². The third kappa shape index (κ3) is 4.13. The second kappa shape index (κ2) is 6.38. The molecule has 1 aliphatic rings. The first kappa shape index (κ1) is 13.6. The van der Waals surface area contributed by atoms with E-state index in [-0.39, 0.29) is 0 Å². The van der Waals surface area contributed by atoms with Crippen LogP contribution in [0.15, 0.2) is 12.1 Å². The van der Waals surface area contributed by atoms with Crippen LogP contribution in [0.5, 0.6) is 0 Å². The molecule has 0 amide bonds. The molecule has 1 aromatic rings. The van der Waals surface area contributed by atoms with Gasteiger partial charge < -0.3 is 5.73 Å². The van der Waals surface area contributed by atoms with Crippen LogP contribution >= 0.6 is 11.3 Å². The largest absolute Gasteiger partial charge is 0.320 e. The molecule has 0 bridgehead atoms. The molecular formula is C15H22N2S. The van der Waals surface area contributed by atoms with Crippen LogP contribution in [-0.4, -0.2) is 24.0 Å². The van der Waals surface area contributed by atoms with E-state index in [1.165, 1.54) is 24.3 Å². The van der Waals surface area contributed by atoms with Gasteiger partial charge in [0.1, 0.15) is 0 Å². The Balaban J connectivity index is 1.95. The van der Waals surface area contributed by atoms with Gasteiger partial charge in [0.15, 0.2) is 0 Å². The van der Waals surface area contributed by atoms with Gasteiger partial charge in [-0.05, 0) is 44.7 Å². The summed E-state index contributed by atoms with van der Waals surface area (Å²) in [6, 6.07) is 4.93. The van der Waals surface area contributed by atoms with Gasteiger partial charge in [-0.2, -0.15) is 0 Å². The maximum absolute atomic E-state index is 5.39. The van der Waals surface area contributed by atoms with Crippen molar-refractivity contribution in [1.29, 1.82) is 0 Å². The highest BCUT2D eigenvalue weighted by Crippen LogP contribution is 2.31. The Morgan fingerprint density at radius 2 is 2.22 bits per heavy atom. The maximum atomic E-state index is 5.39. The molecule has 0 saturated heterocycles. The van der Waals surface area contributed by atoms with Gasteiger partial charge in [-0.15, -0.1) is 11.3 Å². The molecule has 0 atom stereocenters. The minimum absolute atomic E-state index is 0.438. The Bertz CT molecular complexity index is 435. The lowest BCUT2D eigenvalue weighted by Gasteiger charge is -2.25. The summed E-state index contributed by atoms with van der Waals surface area (Å²) in [5.41, 5.74) is 5.39. The van der Waals surface area contributed by atoms with E-state index in [1.54, 1.807) is 11.3 Å². The number of rotatable bonds is 5. The van der Waals surface area contributed by atoms with E-state index in [0.717, 1.165) is 17.3 Å². The zero-order valence-electron chi connectivity index (χ0n) is 11.3. The fourth-order valence-electron chi connectivity index (χ4n) is 1.96. The van der Waals surface area contributed by atoms with Crippen LogP contribution in [0.4, 0.5) is 0 Å². The lowest BCUT2D eigenvalue weighted by molar-refractivity contribution is 0.205. The summed E-state index contributed by atoms with van der Waals surface area (Å²) in [5.74, 6) is 6.96. The van der Waals surface area contributed by atoms with Crippen molar-refractivity contribution in [3.8, 4) is 11.8 Å². The molecule has 0 spiro atoms. The zero-order valence-corrected chi connectivity index (χ0v) is 12.1. The molecule has 1 aliphatic carbocycles. The van der Waals surface area contributed by atoms with Crippen LogP contribution in [0.25, 0.3) is 0 Å². The molecule has 1 fully saturated rings. The van der Waals surface area contributed by atoms with Crippen molar-refractivity contribution >= 4 is 11.3 Å². The number of thiophene rings is 1. The van der Waals surface area contributed by atoms with Gasteiger partial charge in [-0.3, -0.25) is 4.90 Å². The van der Waals surface area contributed by atoms with Crippen molar-refractivity contribution in [1.82, 2.24) is 4.90 Å². The smallest absolute Gasteiger partial charge is 0.0772 e. The minimum atomic E-state index is 0.438. The molecule has 3 heteroatoms. The summed E-state index contributed by atoms with van der Waals surface area (Å²) in [6.07, 6.45) is 2.84. The third-order valence-corrected chi connectivity index (χ3v) is 4.24. The molecule has 18 heavy (non-hydrogen) atoms. The van der Waals surface area contributed by atoms with Crippen molar-refractivity contribution < 1.29 is 0 Å². The number of hydrogen-bond acceptors (Lipinski definition) is 3. The highest BCUT2D eigenvalue weighted by atomic mass is 32.1. The van der Waals surface area contributed by atoms with Gasteiger partial charge in [0.2, 0.25) is 0 Å². The standard InChI is InChI=1S/C15H22N2S/c1-12(2)17(10-13-5-6-13)11-15-8-7-14(18-15)4-3-9-16/h7-8,12-13H,5-6,9-11,16H2,1-2H3. The Kier molecular flexibility index (Phi) is 4.82. The average Bonchev–Trinajstić information content (AvgIpc) is 3.04. The maximum Gasteiger partial charge on any atom is 0.0772 e. The van der Waals surface area contributed by atoms with E-state index in [2.05, 4.69) is 42.7 Å². The average molecular weight is 262 g/mol. The first-order valence-corrected chi connectivity index (χ1v) is 7.52. The van der Waals surface area contributed by atoms with Gasteiger partial charge in [0, 0.05) is 24.0 Å². The molecule has 0 aromatic carbocycles. The van der Waals surface area contributed by atoms with E-state index in [0.29, 0.717) is 12.6 Å². The summed E-state index contributed by atoms with van der Waals surface area (Å²) in [6.45, 7) is 7.31. The fourth-order valence-corrected chi connectivity index (χ4v) is 2.87. The second-order valence-electron chi connectivity index (χ2n) is 5.24. The van der Waals surface area contributed by atoms with Crippen LogP contribution in [0.1, 0.15) is 36.4 Å². The summed E-state index contributed by atoms with van der Waals surface area (Å²) in [7, 11) is 0. The molecule has 98 valence electrons. The van der Waals surface area contributed by atoms with E-state index in [4.69, 9.17) is 5.73 Å². The molecule has 1 aromatic heterocycles. The van der Waals surface area contributed by atoms with Crippen molar-refractivity contribution in [2.75, 3.05) is 13.1 Å². The number of hydrogen-bond donors (Lipinski definition) is 1. The summed E-state index contributed by atoms with van der Waals surface area (Å²) in [4.78, 5) is 5.11. The van der Waals surface area contributed by atoms with Crippen molar-refractivity contribution in [3.05, 3.63) is 21.9 Å². The second-order valence-corrected chi connectivity index (χ2v) is 6.41. The fraction of sp³-hybridized carbons (Fsp3) is 0.600. The Morgan fingerprint density at radius 3 is 2.83 bits per heavy atom. The Labute approximate surface area is 114 Å². The molecular weight excluding hydrogens is 240 g/mol. The summed E-state index contributed by atoms with van der Waals surface area (Å²) >= 11 is 1.80. The molecule has 0 radical (unpaired) electrons. The molecule has 1 saturated carbocycles. The summed E-state index contributed by atoms with van der Waals surface area (Å²) in [5, 5.41) is 0. The highest BCUT2D eigenvalue weighted by Gasteiger charge is 2.25. The van der Waals surface area contributed by atoms with E-state index in [9.17, 15) is 0 Å². The predicted octanol–water partition coefficient (Wildman–Crippen LogP) is 2.68. The van der Waals surface area contributed by atoms with Gasteiger partial charge in [0.05, 0.1) is 11.4 Å². The van der Waals surface area contributed by atoms with Crippen LogP contribution in [0.3, 0.4) is 0 Å². The van der Waals surface area contributed by atoms with Crippen LogP contribution in [0.2, 0.25) is 0 Å². The van der Waals surface area contributed by atoms with E-state index >= 15 is 0 Å². The monoisotopic (exact) mass is 262 g/mol. The van der Waals surface area contributed by atoms with Crippen LogP contribution in [-0.2, 0) is 6.54 Å². The normalized spacial score (nSPS) is 14.9. The van der Waals surface area contributed by atoms with E-state index in [1.807, 2.05) is 0 Å². The van der Waals surface area contributed by atoms with Crippen molar-refractivity contribution in [2.24, 2.45) is 11.7 Å². The molecule has 2 N–H and O–H groups in total. The van der Waals surface area contributed by atoms with Crippen molar-refractivity contribution in [3.63, 3.8) is 0 Å². The molecule has 0 unspecified atom stereocenters. The van der Waals surface area contributed by atoms with Crippen LogP contribution in [0, 0.1) is 17.8 Å². The Morgan fingerprint density at radius 1 is 1.44 bits per heavy atom. The molecule has 1 heterocycles. The first-order chi connectivity index (χ1) is 8.69. The minimum Gasteiger partial charge on any atom is -0.320 e. The SMILES string of the molecule is CC(C)N(Cc1ccc(C#CCN)s1)CC1CC1. The van der Waals surface area contributed by atoms with Crippen molar-refractivity contribution in [2.45, 2.75) is 39.3 Å². The lowest BCUT2D eigenvalue weighted by Crippen LogP contribution is -2.31. The lowest BCUT2D eigenvalue weighted by atomic mass is 10.2. The number of nitrogens with two attached hydrogens (primary N) is 1. The quantitative estimate of drug-likeness (QED) is 0.827. The Hall–Kier alpha value is -0.820. The topological polar surface area (TPSA) is 29.3 Å². The molecule has 2 rings (SSSR count). The van der Waals surface area contributed by atoms with Gasteiger partial charge in [-0.1, -0.05) is 11.8 Å². The first-order valence-electron chi connectivity index (χ1n) is 6.70. The molecule has 2 nitrogen and oxygen atoms in total. The van der Waals surface area contributed by atoms with Gasteiger partial charge in [-0.25, -0.2) is 0 Å². The highest BCUT2D eigenvalue weighted by molar-refractivity contribution is 7.12. The predicted molar refractivity (Wildman–Crippen MR) is 78.5 cm³/mol. The van der Waals surface area contributed by atoms with Crippen LogP contribution < -0.4 is 5.73 Å². The summed E-state index contributed by atoms with van der Waals surface area (Å²) < 4.78 is 0. The van der Waals surface area contributed by atoms with E-state index < -0.39 is 0 Å². The number of nitrogens with zero attached hydrogens (tertiary/aromatic N) is 1. The third-order valence-electron chi connectivity index (χ3n) is 3.25. The van der Waals surface area contributed by atoms with Gasteiger partial charge in [0.25, 0.3) is 0 Å².